The fraction of sp³-hybridized carbons (Fsp3) is 1.00. The van der Waals surface area contributed by atoms with Gasteiger partial charge in [0.25, 0.3) is 0 Å². The minimum atomic E-state index is 0.290. The zero-order chi connectivity index (χ0) is 13.9. The highest BCUT2D eigenvalue weighted by Gasteiger charge is 2.49. The van der Waals surface area contributed by atoms with Crippen LogP contribution >= 0.6 is 0 Å². The lowest BCUT2D eigenvalue weighted by Gasteiger charge is -2.53. The molecule has 0 aromatic rings. The molecular formula is C16H32N2O. The first-order chi connectivity index (χ1) is 9.04. The second-order valence-corrected chi connectivity index (χ2v) is 7.04. The van der Waals surface area contributed by atoms with Crippen molar-refractivity contribution in [1.29, 1.82) is 0 Å². The minimum absolute atomic E-state index is 0.290. The third kappa shape index (κ3) is 3.14. The number of hydrogen-bond donors (Lipinski definition) is 2. The molecule has 0 radical (unpaired) electrons. The summed E-state index contributed by atoms with van der Waals surface area (Å²) >= 11 is 0. The topological polar surface area (TPSA) is 33.3 Å². The van der Waals surface area contributed by atoms with Crippen LogP contribution in [0.2, 0.25) is 0 Å². The molecule has 2 fully saturated rings. The molecule has 1 aliphatic heterocycles. The van der Waals surface area contributed by atoms with E-state index in [0.29, 0.717) is 17.6 Å². The van der Waals surface area contributed by atoms with Gasteiger partial charge in [-0.2, -0.15) is 0 Å². The van der Waals surface area contributed by atoms with E-state index in [-0.39, 0.29) is 5.41 Å². The van der Waals surface area contributed by atoms with E-state index in [1.807, 2.05) is 0 Å². The average molecular weight is 268 g/mol. The Hall–Kier alpha value is -0.120. The maximum absolute atomic E-state index is 5.82. The Morgan fingerprint density at radius 3 is 2.42 bits per heavy atom. The van der Waals surface area contributed by atoms with E-state index in [1.165, 1.54) is 45.3 Å². The first-order valence-electron chi connectivity index (χ1n) is 8.10. The highest BCUT2D eigenvalue weighted by molar-refractivity contribution is 5.03. The van der Waals surface area contributed by atoms with Gasteiger partial charge in [0.2, 0.25) is 0 Å². The average Bonchev–Trinajstić information content (AvgIpc) is 2.43. The van der Waals surface area contributed by atoms with Crippen molar-refractivity contribution in [3.8, 4) is 0 Å². The molecule has 2 aliphatic rings. The number of nitrogens with one attached hydrogen (secondary N) is 2. The third-order valence-electron chi connectivity index (χ3n) is 5.68. The predicted octanol–water partition coefficient (Wildman–Crippen LogP) is 2.56. The molecule has 0 aromatic heterocycles. The molecule has 0 bridgehead atoms. The molecular weight excluding hydrogens is 236 g/mol. The molecule has 1 saturated carbocycles. The number of piperidine rings is 1. The highest BCUT2D eigenvalue weighted by Crippen LogP contribution is 2.43. The van der Waals surface area contributed by atoms with Crippen LogP contribution in [0.5, 0.6) is 0 Å². The minimum Gasteiger partial charge on any atom is -0.378 e. The second kappa shape index (κ2) is 6.11. The summed E-state index contributed by atoms with van der Waals surface area (Å²) in [5, 5.41) is 7.33. The summed E-state index contributed by atoms with van der Waals surface area (Å²) in [6.07, 6.45) is 5.56. The van der Waals surface area contributed by atoms with E-state index in [4.69, 9.17) is 4.74 Å². The van der Waals surface area contributed by atoms with Crippen molar-refractivity contribution in [2.24, 2.45) is 10.8 Å². The standard InChI is InChI=1S/C16H32N2O/c1-5-16(7-9-17-10-8-16)12-18-13-11-14(19-6-2)15(13,3)4/h13-14,17-18H,5-12H2,1-4H3. The molecule has 0 aromatic carbocycles. The summed E-state index contributed by atoms with van der Waals surface area (Å²) in [6, 6.07) is 0.627. The fourth-order valence-corrected chi connectivity index (χ4v) is 3.67. The SMILES string of the molecule is CCOC1CC(NCC2(CC)CCNCC2)C1(C)C. The molecule has 3 nitrogen and oxygen atoms in total. The van der Waals surface area contributed by atoms with Crippen molar-refractivity contribution in [1.82, 2.24) is 10.6 Å². The highest BCUT2D eigenvalue weighted by atomic mass is 16.5. The Morgan fingerprint density at radius 1 is 1.21 bits per heavy atom. The van der Waals surface area contributed by atoms with Gasteiger partial charge in [0.05, 0.1) is 6.10 Å². The second-order valence-electron chi connectivity index (χ2n) is 7.04. The van der Waals surface area contributed by atoms with Crippen LogP contribution in [0.25, 0.3) is 0 Å². The van der Waals surface area contributed by atoms with Gasteiger partial charge < -0.3 is 15.4 Å². The van der Waals surface area contributed by atoms with Crippen LogP contribution in [0.4, 0.5) is 0 Å². The van der Waals surface area contributed by atoms with Gasteiger partial charge in [0, 0.05) is 24.6 Å². The lowest BCUT2D eigenvalue weighted by atomic mass is 9.64. The number of hydrogen-bond acceptors (Lipinski definition) is 3. The third-order valence-corrected chi connectivity index (χ3v) is 5.68. The zero-order valence-electron chi connectivity index (χ0n) is 13.2. The molecule has 0 spiro atoms. The molecule has 112 valence electrons. The van der Waals surface area contributed by atoms with Crippen molar-refractivity contribution in [2.45, 2.75) is 65.5 Å². The van der Waals surface area contributed by atoms with Crippen LogP contribution in [0.3, 0.4) is 0 Å². The van der Waals surface area contributed by atoms with Gasteiger partial charge in [-0.05, 0) is 51.1 Å². The lowest BCUT2D eigenvalue weighted by Crippen LogP contribution is -2.62. The smallest absolute Gasteiger partial charge is 0.0655 e. The summed E-state index contributed by atoms with van der Waals surface area (Å²) in [7, 11) is 0. The van der Waals surface area contributed by atoms with Gasteiger partial charge in [0.15, 0.2) is 0 Å². The predicted molar refractivity (Wildman–Crippen MR) is 80.4 cm³/mol. The van der Waals surface area contributed by atoms with Gasteiger partial charge >= 0.3 is 0 Å². The van der Waals surface area contributed by atoms with E-state index in [1.54, 1.807) is 0 Å². The van der Waals surface area contributed by atoms with Crippen LogP contribution in [-0.2, 0) is 4.74 Å². The maximum Gasteiger partial charge on any atom is 0.0655 e. The summed E-state index contributed by atoms with van der Waals surface area (Å²) in [6.45, 7) is 13.5. The fourth-order valence-electron chi connectivity index (χ4n) is 3.67. The van der Waals surface area contributed by atoms with Gasteiger partial charge in [-0.15, -0.1) is 0 Å². The van der Waals surface area contributed by atoms with Gasteiger partial charge in [-0.3, -0.25) is 0 Å². The molecule has 3 heteroatoms. The van der Waals surface area contributed by atoms with Crippen molar-refractivity contribution < 1.29 is 4.74 Å². The van der Waals surface area contributed by atoms with Crippen LogP contribution in [0, 0.1) is 10.8 Å². The van der Waals surface area contributed by atoms with E-state index >= 15 is 0 Å². The Labute approximate surface area is 118 Å². The molecule has 2 rings (SSSR count). The Balaban J connectivity index is 1.82. The van der Waals surface area contributed by atoms with Crippen molar-refractivity contribution in [3.05, 3.63) is 0 Å². The van der Waals surface area contributed by atoms with E-state index in [9.17, 15) is 0 Å². The molecule has 1 aliphatic carbocycles. The first kappa shape index (κ1) is 15.3. The Bertz CT molecular complexity index is 284. The first-order valence-corrected chi connectivity index (χ1v) is 8.10. The molecule has 2 atom stereocenters. The van der Waals surface area contributed by atoms with Crippen molar-refractivity contribution >= 4 is 0 Å². The van der Waals surface area contributed by atoms with E-state index < -0.39 is 0 Å². The molecule has 1 heterocycles. The van der Waals surface area contributed by atoms with Crippen LogP contribution in [0.15, 0.2) is 0 Å². The molecule has 2 N–H and O–H groups in total. The van der Waals surface area contributed by atoms with Crippen molar-refractivity contribution in [2.75, 3.05) is 26.2 Å². The Kier molecular flexibility index (Phi) is 4.91. The molecule has 19 heavy (non-hydrogen) atoms. The summed E-state index contributed by atoms with van der Waals surface area (Å²) in [5.41, 5.74) is 0.815. The monoisotopic (exact) mass is 268 g/mol. The largest absolute Gasteiger partial charge is 0.378 e. The summed E-state index contributed by atoms with van der Waals surface area (Å²) in [5.74, 6) is 0. The maximum atomic E-state index is 5.82. The van der Waals surface area contributed by atoms with E-state index in [2.05, 4.69) is 38.3 Å². The molecule has 1 saturated heterocycles. The molecule has 0 amide bonds. The molecule has 2 unspecified atom stereocenters. The summed E-state index contributed by atoms with van der Waals surface area (Å²) < 4.78 is 5.82. The number of ether oxygens (including phenoxy) is 1. The van der Waals surface area contributed by atoms with Crippen molar-refractivity contribution in [3.63, 3.8) is 0 Å². The van der Waals surface area contributed by atoms with Crippen LogP contribution < -0.4 is 10.6 Å². The van der Waals surface area contributed by atoms with Crippen LogP contribution in [-0.4, -0.2) is 38.4 Å². The van der Waals surface area contributed by atoms with E-state index in [0.717, 1.165) is 6.61 Å². The number of rotatable bonds is 6. The van der Waals surface area contributed by atoms with Gasteiger partial charge in [0.1, 0.15) is 0 Å². The normalized spacial score (nSPS) is 32.8. The quantitative estimate of drug-likeness (QED) is 0.777. The summed E-state index contributed by atoms with van der Waals surface area (Å²) in [4.78, 5) is 0. The van der Waals surface area contributed by atoms with Gasteiger partial charge in [-0.25, -0.2) is 0 Å². The Morgan fingerprint density at radius 2 is 1.89 bits per heavy atom. The lowest BCUT2D eigenvalue weighted by molar-refractivity contribution is -0.116. The van der Waals surface area contributed by atoms with Gasteiger partial charge in [-0.1, -0.05) is 20.8 Å². The van der Waals surface area contributed by atoms with Crippen LogP contribution in [0.1, 0.15) is 53.4 Å². The zero-order valence-corrected chi connectivity index (χ0v) is 13.2.